The zero-order chi connectivity index (χ0) is 41.7. The van der Waals surface area contributed by atoms with E-state index in [0.29, 0.717) is 0 Å². The van der Waals surface area contributed by atoms with Crippen LogP contribution < -0.4 is 26.2 Å². The van der Waals surface area contributed by atoms with Crippen molar-refractivity contribution < 1.29 is 0 Å². The number of hydrogen-bond acceptors (Lipinski definition) is 2. The van der Waals surface area contributed by atoms with Gasteiger partial charge in [0.25, 0.3) is 6.71 Å². The van der Waals surface area contributed by atoms with Gasteiger partial charge in [-0.3, -0.25) is 0 Å². The molecule has 0 unspecified atom stereocenters. The Morgan fingerprint density at radius 1 is 0.222 bits per heavy atom. The van der Waals surface area contributed by atoms with Crippen LogP contribution in [-0.4, -0.2) is 6.71 Å². The molecule has 2 nitrogen and oxygen atoms in total. The second kappa shape index (κ2) is 15.4. The fraction of sp³-hybridized carbons (Fsp3) is 0. The Balaban J connectivity index is 1.16. The third-order valence-electron chi connectivity index (χ3n) is 12.8. The maximum Gasteiger partial charge on any atom is 0.252 e. The van der Waals surface area contributed by atoms with Crippen LogP contribution in [0.4, 0.5) is 34.1 Å². The van der Waals surface area contributed by atoms with Crippen LogP contribution in [0.3, 0.4) is 0 Å². The summed E-state index contributed by atoms with van der Waals surface area (Å²) in [5.41, 5.74) is 22.8. The van der Waals surface area contributed by atoms with Crippen LogP contribution >= 0.6 is 0 Å². The molecular weight excluding hydrogens is 759 g/mol. The predicted octanol–water partition coefficient (Wildman–Crippen LogP) is 14.1. The van der Waals surface area contributed by atoms with Crippen molar-refractivity contribution in [2.24, 2.45) is 0 Å². The number of hydrogen-bond donors (Lipinski definition) is 0. The van der Waals surface area contributed by atoms with Crippen LogP contribution in [0.1, 0.15) is 0 Å². The molecule has 0 saturated heterocycles. The SMILES string of the molecule is c1ccc(-c2ccc(N3c4ccc(-c5ccccc5)cc4B4c5ccc(-c6ccccc6)cc5N(c5cccc(-c6ccccc6)c5)c5cc(-c6ccccc6)cc3c54)cc2)cc1. The molecule has 0 radical (unpaired) electrons. The van der Waals surface area contributed by atoms with Crippen molar-refractivity contribution >= 4 is 57.2 Å². The fourth-order valence-electron chi connectivity index (χ4n) is 9.86. The van der Waals surface area contributed by atoms with Crippen molar-refractivity contribution in [2.75, 3.05) is 9.80 Å². The summed E-state index contributed by atoms with van der Waals surface area (Å²) in [7, 11) is 0. The van der Waals surface area contributed by atoms with Crippen molar-refractivity contribution in [3.05, 3.63) is 249 Å². The third-order valence-corrected chi connectivity index (χ3v) is 12.8. The molecule has 10 aromatic rings. The third kappa shape index (κ3) is 6.45. The van der Waals surface area contributed by atoms with Crippen LogP contribution in [-0.2, 0) is 0 Å². The number of fused-ring (bicyclic) bond motifs is 4. The zero-order valence-electron chi connectivity index (χ0n) is 34.6. The molecule has 12 rings (SSSR count). The minimum atomic E-state index is -0.0355. The van der Waals surface area contributed by atoms with E-state index in [4.69, 9.17) is 0 Å². The van der Waals surface area contributed by atoms with Gasteiger partial charge >= 0.3 is 0 Å². The van der Waals surface area contributed by atoms with Gasteiger partial charge in [0.15, 0.2) is 0 Å². The van der Waals surface area contributed by atoms with Gasteiger partial charge in [0.05, 0.1) is 0 Å². The molecular formula is C60H41BN2. The quantitative estimate of drug-likeness (QED) is 0.148. The summed E-state index contributed by atoms with van der Waals surface area (Å²) in [5, 5.41) is 0. The Morgan fingerprint density at radius 3 is 1.17 bits per heavy atom. The van der Waals surface area contributed by atoms with Gasteiger partial charge in [-0.2, -0.15) is 0 Å². The molecule has 2 aliphatic heterocycles. The van der Waals surface area contributed by atoms with E-state index >= 15 is 0 Å². The van der Waals surface area contributed by atoms with Crippen LogP contribution in [0.5, 0.6) is 0 Å². The Morgan fingerprint density at radius 2 is 0.619 bits per heavy atom. The van der Waals surface area contributed by atoms with E-state index in [9.17, 15) is 0 Å². The second-order valence-electron chi connectivity index (χ2n) is 16.5. The first-order chi connectivity index (χ1) is 31.2. The molecule has 0 aliphatic carbocycles. The topological polar surface area (TPSA) is 6.48 Å². The average molecular weight is 801 g/mol. The van der Waals surface area contributed by atoms with E-state index in [0.717, 1.165) is 11.4 Å². The molecule has 2 aliphatic rings. The summed E-state index contributed by atoms with van der Waals surface area (Å²) >= 11 is 0. The molecule has 2 heterocycles. The summed E-state index contributed by atoms with van der Waals surface area (Å²) in [5.74, 6) is 0. The van der Waals surface area contributed by atoms with Gasteiger partial charge in [0.1, 0.15) is 0 Å². The van der Waals surface area contributed by atoms with Crippen molar-refractivity contribution in [3.63, 3.8) is 0 Å². The Kier molecular flexibility index (Phi) is 8.97. The Hall–Kier alpha value is -8.14. The van der Waals surface area contributed by atoms with Crippen LogP contribution in [0.2, 0.25) is 0 Å². The van der Waals surface area contributed by atoms with E-state index < -0.39 is 0 Å². The maximum atomic E-state index is 2.54. The zero-order valence-corrected chi connectivity index (χ0v) is 34.6. The summed E-state index contributed by atoms with van der Waals surface area (Å²) in [6.07, 6.45) is 0. The summed E-state index contributed by atoms with van der Waals surface area (Å²) in [6, 6.07) is 91.2. The van der Waals surface area contributed by atoms with Crippen LogP contribution in [0.25, 0.3) is 55.6 Å². The molecule has 0 amide bonds. The van der Waals surface area contributed by atoms with Crippen molar-refractivity contribution in [1.29, 1.82) is 0 Å². The molecule has 10 aromatic carbocycles. The van der Waals surface area contributed by atoms with Crippen LogP contribution in [0, 0.1) is 0 Å². The second-order valence-corrected chi connectivity index (χ2v) is 16.5. The van der Waals surface area contributed by atoms with E-state index in [1.165, 1.54) is 94.8 Å². The molecule has 0 aromatic heterocycles. The number of benzene rings is 10. The van der Waals surface area contributed by atoms with E-state index in [1.807, 2.05) is 0 Å². The molecule has 3 heteroatoms. The van der Waals surface area contributed by atoms with Crippen molar-refractivity contribution in [1.82, 2.24) is 0 Å². The summed E-state index contributed by atoms with van der Waals surface area (Å²) in [4.78, 5) is 5.06. The van der Waals surface area contributed by atoms with E-state index in [2.05, 4.69) is 259 Å². The molecule has 0 saturated carbocycles. The van der Waals surface area contributed by atoms with Gasteiger partial charge < -0.3 is 9.80 Å². The first-order valence-electron chi connectivity index (χ1n) is 21.8. The summed E-state index contributed by atoms with van der Waals surface area (Å²) in [6.45, 7) is -0.0355. The fourth-order valence-corrected chi connectivity index (χ4v) is 9.86. The monoisotopic (exact) mass is 800 g/mol. The molecule has 0 atom stereocenters. The number of rotatable bonds is 7. The summed E-state index contributed by atoms with van der Waals surface area (Å²) < 4.78 is 0. The highest BCUT2D eigenvalue weighted by Gasteiger charge is 2.44. The maximum absolute atomic E-state index is 2.54. The van der Waals surface area contributed by atoms with Gasteiger partial charge in [-0.05, 0) is 121 Å². The van der Waals surface area contributed by atoms with Crippen LogP contribution in [0.15, 0.2) is 249 Å². The van der Waals surface area contributed by atoms with Gasteiger partial charge in [-0.25, -0.2) is 0 Å². The minimum Gasteiger partial charge on any atom is -0.311 e. The lowest BCUT2D eigenvalue weighted by atomic mass is 9.33. The number of anilines is 6. The Labute approximate surface area is 369 Å². The lowest BCUT2D eigenvalue weighted by molar-refractivity contribution is 1.25. The molecule has 0 bridgehead atoms. The first-order valence-corrected chi connectivity index (χ1v) is 21.8. The van der Waals surface area contributed by atoms with Gasteiger partial charge in [0.2, 0.25) is 0 Å². The van der Waals surface area contributed by atoms with Crippen molar-refractivity contribution in [3.8, 4) is 55.6 Å². The molecule has 0 spiro atoms. The molecule has 0 N–H and O–H groups in total. The standard InChI is InChI=1S/C60H41BN2/c1-6-17-42(18-7-1)47-29-33-52(34-30-47)62-56-36-32-49(44-21-10-3-11-22-44)38-55(56)61-54-35-31-50(45-23-12-4-13-24-45)39-57(54)63(53-28-16-27-48(37-53)43-19-8-2-9-20-43)59-41-51(40-58(62)60(59)61)46-25-14-5-15-26-46/h1-41H. The lowest BCUT2D eigenvalue weighted by Gasteiger charge is -2.44. The molecule has 63 heavy (non-hydrogen) atoms. The predicted molar refractivity (Wildman–Crippen MR) is 268 cm³/mol. The largest absolute Gasteiger partial charge is 0.311 e. The van der Waals surface area contributed by atoms with Gasteiger partial charge in [-0.1, -0.05) is 200 Å². The first kappa shape index (κ1) is 36.7. The van der Waals surface area contributed by atoms with Crippen molar-refractivity contribution in [2.45, 2.75) is 0 Å². The normalized spacial score (nSPS) is 12.3. The highest BCUT2D eigenvalue weighted by molar-refractivity contribution is 7.00. The van der Waals surface area contributed by atoms with Gasteiger partial charge in [0, 0.05) is 34.1 Å². The highest BCUT2D eigenvalue weighted by Crippen LogP contribution is 2.47. The average Bonchev–Trinajstić information content (AvgIpc) is 3.37. The number of nitrogens with zero attached hydrogens (tertiary/aromatic N) is 2. The molecule has 0 fully saturated rings. The van der Waals surface area contributed by atoms with E-state index in [-0.39, 0.29) is 6.71 Å². The Bertz CT molecular complexity index is 3260. The lowest BCUT2D eigenvalue weighted by Crippen LogP contribution is -2.61. The smallest absolute Gasteiger partial charge is 0.252 e. The molecule has 294 valence electrons. The minimum absolute atomic E-state index is 0.0355. The highest BCUT2D eigenvalue weighted by atomic mass is 15.2. The van der Waals surface area contributed by atoms with Gasteiger partial charge in [-0.15, -0.1) is 0 Å². The van der Waals surface area contributed by atoms with E-state index in [1.54, 1.807) is 0 Å².